The summed E-state index contributed by atoms with van der Waals surface area (Å²) in [5, 5.41) is 41.0. The number of nitrogens with two attached hydrogens (primary N) is 1. The number of nitrogen functional groups attached to an aromatic ring is 1. The summed E-state index contributed by atoms with van der Waals surface area (Å²) in [4.78, 5) is 24.5. The molecule has 6 atom stereocenters. The number of aliphatic hydroxyl groups is 4. The first-order chi connectivity index (χ1) is 17.9. The Hall–Kier alpha value is -3.54. The SMILES string of the molecule is CNc1ncnc2c1ncn2[C@@H]1O[C@H](CO)C[C@H]1O.Nc1ncnc2c1ncn2[C@@H]1O[C@H](CO)C[C@H]1O. The number of hydrogen-bond acceptors (Lipinski definition) is 14. The molecule has 6 rings (SSSR count). The van der Waals surface area contributed by atoms with Gasteiger partial charge in [0.1, 0.15) is 35.9 Å². The highest BCUT2D eigenvalue weighted by atomic mass is 16.5. The summed E-state index contributed by atoms with van der Waals surface area (Å²) in [6.07, 6.45) is 3.27. The molecular weight excluding hydrogens is 488 g/mol. The summed E-state index contributed by atoms with van der Waals surface area (Å²) in [6.45, 7) is -0.242. The Morgan fingerprint density at radius 3 is 1.86 bits per heavy atom. The van der Waals surface area contributed by atoms with Crippen molar-refractivity contribution >= 4 is 34.0 Å². The Morgan fingerprint density at radius 1 is 0.838 bits per heavy atom. The first-order valence-electron chi connectivity index (χ1n) is 11.6. The van der Waals surface area contributed by atoms with Crippen molar-refractivity contribution in [3.63, 3.8) is 0 Å². The number of aliphatic hydroxyl groups excluding tert-OH is 4. The fraction of sp³-hybridized carbons (Fsp3) is 0.524. The van der Waals surface area contributed by atoms with Crippen LogP contribution >= 0.6 is 0 Å². The van der Waals surface area contributed by atoms with E-state index in [9.17, 15) is 10.2 Å². The molecule has 2 fully saturated rings. The highest BCUT2D eigenvalue weighted by Gasteiger charge is 2.37. The van der Waals surface area contributed by atoms with Crippen LogP contribution in [0.25, 0.3) is 22.3 Å². The van der Waals surface area contributed by atoms with E-state index < -0.39 is 24.7 Å². The van der Waals surface area contributed by atoms with Crippen molar-refractivity contribution in [2.75, 3.05) is 31.3 Å². The van der Waals surface area contributed by atoms with Crippen LogP contribution in [-0.4, -0.2) is 104 Å². The van der Waals surface area contributed by atoms with Gasteiger partial charge in [0.25, 0.3) is 0 Å². The molecule has 37 heavy (non-hydrogen) atoms. The van der Waals surface area contributed by atoms with Gasteiger partial charge < -0.3 is 41.0 Å². The number of imidazole rings is 2. The lowest BCUT2D eigenvalue weighted by Gasteiger charge is -2.16. The zero-order chi connectivity index (χ0) is 26.1. The predicted molar refractivity (Wildman–Crippen MR) is 128 cm³/mol. The Labute approximate surface area is 209 Å². The van der Waals surface area contributed by atoms with E-state index in [-0.39, 0.29) is 31.2 Å². The highest BCUT2D eigenvalue weighted by molar-refractivity contribution is 5.82. The highest BCUT2D eigenvalue weighted by Crippen LogP contribution is 2.32. The molecule has 2 aliphatic rings. The van der Waals surface area contributed by atoms with Crippen LogP contribution in [0, 0.1) is 0 Å². The first-order valence-corrected chi connectivity index (χ1v) is 11.6. The summed E-state index contributed by atoms with van der Waals surface area (Å²) in [7, 11) is 1.75. The smallest absolute Gasteiger partial charge is 0.167 e. The maximum absolute atomic E-state index is 10.0. The van der Waals surface area contributed by atoms with E-state index in [2.05, 4.69) is 35.2 Å². The fourth-order valence-corrected chi connectivity index (χ4v) is 4.47. The van der Waals surface area contributed by atoms with Crippen molar-refractivity contribution in [3.05, 3.63) is 25.3 Å². The van der Waals surface area contributed by atoms with Gasteiger partial charge in [0, 0.05) is 19.9 Å². The average Bonchev–Trinajstić information content (AvgIpc) is 3.69. The van der Waals surface area contributed by atoms with Gasteiger partial charge in [-0.3, -0.25) is 9.13 Å². The minimum absolute atomic E-state index is 0.114. The zero-order valence-corrected chi connectivity index (χ0v) is 19.9. The molecule has 0 amide bonds. The second-order valence-electron chi connectivity index (χ2n) is 8.65. The molecule has 0 bridgehead atoms. The van der Waals surface area contributed by atoms with Crippen LogP contribution in [0.15, 0.2) is 25.3 Å². The van der Waals surface area contributed by atoms with Gasteiger partial charge in [-0.1, -0.05) is 0 Å². The lowest BCUT2D eigenvalue weighted by atomic mass is 10.2. The van der Waals surface area contributed by atoms with Crippen LogP contribution in [0.4, 0.5) is 11.6 Å². The lowest BCUT2D eigenvalue weighted by Crippen LogP contribution is -2.19. The molecule has 0 radical (unpaired) electrons. The molecule has 2 aliphatic heterocycles. The second kappa shape index (κ2) is 10.4. The van der Waals surface area contributed by atoms with E-state index >= 15 is 0 Å². The Kier molecular flexibility index (Phi) is 7.09. The number of fused-ring (bicyclic) bond motifs is 2. The van der Waals surface area contributed by atoms with E-state index in [0.29, 0.717) is 41.0 Å². The third-order valence-corrected chi connectivity index (χ3v) is 6.27. The van der Waals surface area contributed by atoms with Crippen molar-refractivity contribution in [2.45, 2.75) is 49.7 Å². The molecule has 7 N–H and O–H groups in total. The quantitative estimate of drug-likeness (QED) is 0.179. The van der Waals surface area contributed by atoms with Gasteiger partial charge in [-0.25, -0.2) is 29.9 Å². The minimum Gasteiger partial charge on any atom is -0.394 e. The molecule has 16 heteroatoms. The van der Waals surface area contributed by atoms with Crippen LogP contribution in [0.1, 0.15) is 25.3 Å². The Balaban J connectivity index is 0.000000152. The van der Waals surface area contributed by atoms with Crippen LogP contribution < -0.4 is 11.1 Å². The third-order valence-electron chi connectivity index (χ3n) is 6.27. The average molecular weight is 517 g/mol. The van der Waals surface area contributed by atoms with E-state index in [0.717, 1.165) is 0 Å². The van der Waals surface area contributed by atoms with Gasteiger partial charge in [0.05, 0.1) is 38.1 Å². The molecule has 4 aromatic heterocycles. The number of ether oxygens (including phenoxy) is 2. The van der Waals surface area contributed by atoms with Crippen molar-refractivity contribution in [1.82, 2.24) is 39.0 Å². The van der Waals surface area contributed by atoms with Crippen LogP contribution in [-0.2, 0) is 9.47 Å². The summed E-state index contributed by atoms with van der Waals surface area (Å²) in [5.41, 5.74) is 7.87. The number of anilines is 2. The summed E-state index contributed by atoms with van der Waals surface area (Å²) in [6, 6.07) is 0. The summed E-state index contributed by atoms with van der Waals surface area (Å²) < 4.78 is 14.4. The standard InChI is InChI=1S/C11H15N5O3.C10H13N5O3/c1-12-9-8-10(14-4-13-9)16(5-15-8)11-7(18)2-6(3-17)19-11;11-8-7-9(13-3-12-8)15(4-14-7)10-6(17)1-5(2-16)18-10/h4-7,11,17-18H,2-3H2,1H3,(H,12,13,14);3-6,10,16-17H,1-2H2,(H2,11,12,13)/t6-,7+,11+;5-,6+,10+/m00/s1. The number of aromatic nitrogens is 8. The Bertz CT molecular complexity index is 1360. The molecule has 0 aromatic carbocycles. The maximum atomic E-state index is 10.0. The van der Waals surface area contributed by atoms with E-state index in [1.54, 1.807) is 22.5 Å². The summed E-state index contributed by atoms with van der Waals surface area (Å²) >= 11 is 0. The van der Waals surface area contributed by atoms with Gasteiger partial charge in [-0.2, -0.15) is 0 Å². The molecule has 0 saturated carbocycles. The number of hydrogen-bond donors (Lipinski definition) is 6. The van der Waals surface area contributed by atoms with Crippen molar-refractivity contribution < 1.29 is 29.9 Å². The van der Waals surface area contributed by atoms with Crippen molar-refractivity contribution in [1.29, 1.82) is 0 Å². The summed E-state index contributed by atoms with van der Waals surface area (Å²) in [5.74, 6) is 0.903. The molecule has 16 nitrogen and oxygen atoms in total. The third kappa shape index (κ3) is 4.65. The molecule has 0 aliphatic carbocycles. The van der Waals surface area contributed by atoms with Crippen molar-refractivity contribution in [2.24, 2.45) is 0 Å². The molecule has 2 saturated heterocycles. The molecule has 0 unspecified atom stereocenters. The zero-order valence-electron chi connectivity index (χ0n) is 19.9. The van der Waals surface area contributed by atoms with Gasteiger partial charge in [-0.15, -0.1) is 0 Å². The van der Waals surface area contributed by atoms with Gasteiger partial charge in [0.2, 0.25) is 0 Å². The Morgan fingerprint density at radius 2 is 1.35 bits per heavy atom. The van der Waals surface area contributed by atoms with Crippen LogP contribution in [0.5, 0.6) is 0 Å². The number of nitrogens with one attached hydrogen (secondary N) is 1. The first kappa shape index (κ1) is 25.1. The predicted octanol–water partition coefficient (Wildman–Crippen LogP) is -1.44. The van der Waals surface area contributed by atoms with Gasteiger partial charge in [-0.05, 0) is 0 Å². The van der Waals surface area contributed by atoms with E-state index in [1.807, 2.05) is 0 Å². The number of rotatable bonds is 5. The largest absolute Gasteiger partial charge is 0.394 e. The molecule has 198 valence electrons. The van der Waals surface area contributed by atoms with Gasteiger partial charge in [0.15, 0.2) is 35.4 Å². The normalized spacial score (nSPS) is 27.5. The fourth-order valence-electron chi connectivity index (χ4n) is 4.47. The second-order valence-corrected chi connectivity index (χ2v) is 8.65. The minimum atomic E-state index is -0.712. The van der Waals surface area contributed by atoms with Crippen LogP contribution in [0.3, 0.4) is 0 Å². The molecule has 0 spiro atoms. The maximum Gasteiger partial charge on any atom is 0.167 e. The lowest BCUT2D eigenvalue weighted by molar-refractivity contribution is -0.0486. The van der Waals surface area contributed by atoms with Crippen molar-refractivity contribution in [3.8, 4) is 0 Å². The number of nitrogens with zero attached hydrogens (tertiary/aromatic N) is 8. The monoisotopic (exact) mass is 516 g/mol. The molecular formula is C21H28N10O6. The molecule has 6 heterocycles. The van der Waals surface area contributed by atoms with Gasteiger partial charge >= 0.3 is 0 Å². The van der Waals surface area contributed by atoms with E-state index in [4.69, 9.17) is 25.4 Å². The van der Waals surface area contributed by atoms with Crippen LogP contribution in [0.2, 0.25) is 0 Å². The molecule has 4 aromatic rings. The van der Waals surface area contributed by atoms with E-state index in [1.165, 1.54) is 19.0 Å². The topological polar surface area (TPSA) is 225 Å².